The second-order valence-electron chi connectivity index (χ2n) is 4.40. The fraction of sp³-hybridized carbons (Fsp3) is 0.0667. The number of aromatic nitrogens is 2. The topological polar surface area (TPSA) is 78.0 Å². The van der Waals surface area contributed by atoms with Crippen LogP contribution < -0.4 is 5.32 Å². The number of amides is 1. The number of pyridine rings is 1. The third-order valence-corrected chi connectivity index (χ3v) is 3.08. The van der Waals surface area contributed by atoms with Crippen molar-refractivity contribution in [2.45, 2.75) is 6.61 Å². The number of rotatable bonds is 3. The number of aromatic amines is 1. The fourth-order valence-electron chi connectivity index (χ4n) is 2.08. The zero-order valence-electron chi connectivity index (χ0n) is 10.6. The zero-order valence-corrected chi connectivity index (χ0v) is 10.6. The number of carbonyl (C=O) groups excluding carboxylic acids is 1. The van der Waals surface area contributed by atoms with Crippen LogP contribution in [0.5, 0.6) is 0 Å². The Morgan fingerprint density at radius 2 is 2.15 bits per heavy atom. The van der Waals surface area contributed by atoms with Crippen LogP contribution in [0.1, 0.15) is 16.1 Å². The molecule has 2 aromatic heterocycles. The van der Waals surface area contributed by atoms with Crippen molar-refractivity contribution in [3.8, 4) is 0 Å². The quantitative estimate of drug-likeness (QED) is 0.681. The van der Waals surface area contributed by atoms with Crippen molar-refractivity contribution < 1.29 is 9.90 Å². The maximum atomic E-state index is 12.2. The molecule has 0 unspecified atom stereocenters. The summed E-state index contributed by atoms with van der Waals surface area (Å²) in [6.45, 7) is -0.186. The molecular weight excluding hydrogens is 254 g/mol. The Morgan fingerprint density at radius 3 is 3.00 bits per heavy atom. The summed E-state index contributed by atoms with van der Waals surface area (Å²) in [5.74, 6) is -0.230. The summed E-state index contributed by atoms with van der Waals surface area (Å²) in [6.07, 6.45) is 3.27. The number of aliphatic hydroxyl groups excluding tert-OH is 1. The molecule has 0 aliphatic heterocycles. The highest BCUT2D eigenvalue weighted by Gasteiger charge is 2.10. The smallest absolute Gasteiger partial charge is 0.255 e. The highest BCUT2D eigenvalue weighted by atomic mass is 16.3. The molecule has 3 aromatic rings. The van der Waals surface area contributed by atoms with Crippen molar-refractivity contribution >= 4 is 22.5 Å². The third-order valence-electron chi connectivity index (χ3n) is 3.08. The van der Waals surface area contributed by atoms with Crippen LogP contribution in [-0.2, 0) is 6.61 Å². The Balaban J connectivity index is 1.88. The molecule has 2 heterocycles. The molecule has 5 heteroatoms. The molecule has 0 saturated heterocycles. The Morgan fingerprint density at radius 1 is 1.30 bits per heavy atom. The Labute approximate surface area is 115 Å². The SMILES string of the molecule is O=C(Nc1c[nH]c2ccccc12)c1ccnc(CO)c1. The molecule has 1 aromatic carbocycles. The lowest BCUT2D eigenvalue weighted by molar-refractivity contribution is 0.102. The summed E-state index contributed by atoms with van der Waals surface area (Å²) in [5.41, 5.74) is 2.63. The van der Waals surface area contributed by atoms with Crippen molar-refractivity contribution in [2.24, 2.45) is 0 Å². The van der Waals surface area contributed by atoms with E-state index in [0.29, 0.717) is 11.3 Å². The number of para-hydroxylation sites is 1. The average Bonchev–Trinajstić information content (AvgIpc) is 2.90. The second kappa shape index (κ2) is 5.14. The summed E-state index contributed by atoms with van der Waals surface area (Å²) in [7, 11) is 0. The van der Waals surface area contributed by atoms with E-state index in [2.05, 4.69) is 15.3 Å². The summed E-state index contributed by atoms with van der Waals surface area (Å²) in [4.78, 5) is 19.2. The first-order valence-corrected chi connectivity index (χ1v) is 6.21. The highest BCUT2D eigenvalue weighted by molar-refractivity contribution is 6.08. The zero-order chi connectivity index (χ0) is 13.9. The van der Waals surface area contributed by atoms with Crippen molar-refractivity contribution in [3.05, 3.63) is 60.0 Å². The van der Waals surface area contributed by atoms with Gasteiger partial charge >= 0.3 is 0 Å². The first-order valence-electron chi connectivity index (χ1n) is 6.21. The Hall–Kier alpha value is -2.66. The largest absolute Gasteiger partial charge is 0.390 e. The van der Waals surface area contributed by atoms with E-state index in [-0.39, 0.29) is 12.5 Å². The van der Waals surface area contributed by atoms with E-state index in [1.807, 2.05) is 24.3 Å². The summed E-state index contributed by atoms with van der Waals surface area (Å²) >= 11 is 0. The van der Waals surface area contributed by atoms with Gasteiger partial charge in [-0.25, -0.2) is 0 Å². The minimum Gasteiger partial charge on any atom is -0.390 e. The van der Waals surface area contributed by atoms with E-state index in [4.69, 9.17) is 5.11 Å². The molecule has 0 bridgehead atoms. The normalized spacial score (nSPS) is 10.7. The summed E-state index contributed by atoms with van der Waals surface area (Å²) in [5, 5.41) is 12.9. The molecule has 0 atom stereocenters. The second-order valence-corrected chi connectivity index (χ2v) is 4.40. The molecule has 0 saturated carbocycles. The minimum absolute atomic E-state index is 0.186. The average molecular weight is 267 g/mol. The van der Waals surface area contributed by atoms with Gasteiger partial charge in [0.25, 0.3) is 5.91 Å². The van der Waals surface area contributed by atoms with Crippen LogP contribution in [0.25, 0.3) is 10.9 Å². The van der Waals surface area contributed by atoms with Gasteiger partial charge in [0.05, 0.1) is 18.0 Å². The van der Waals surface area contributed by atoms with Gasteiger partial charge in [-0.2, -0.15) is 0 Å². The van der Waals surface area contributed by atoms with Gasteiger partial charge in [0, 0.05) is 28.9 Å². The lowest BCUT2D eigenvalue weighted by atomic mass is 10.2. The first-order chi connectivity index (χ1) is 9.78. The van der Waals surface area contributed by atoms with Crippen molar-refractivity contribution in [3.63, 3.8) is 0 Å². The molecular formula is C15H13N3O2. The monoisotopic (exact) mass is 267 g/mol. The van der Waals surface area contributed by atoms with E-state index < -0.39 is 0 Å². The Kier molecular flexibility index (Phi) is 3.18. The maximum Gasteiger partial charge on any atom is 0.255 e. The van der Waals surface area contributed by atoms with Gasteiger partial charge in [-0.3, -0.25) is 9.78 Å². The molecule has 0 radical (unpaired) electrons. The fourth-order valence-corrected chi connectivity index (χ4v) is 2.08. The molecule has 0 aliphatic carbocycles. The first kappa shape index (κ1) is 12.4. The number of hydrogen-bond acceptors (Lipinski definition) is 3. The number of nitrogens with zero attached hydrogens (tertiary/aromatic N) is 1. The van der Waals surface area contributed by atoms with Gasteiger partial charge in [0.2, 0.25) is 0 Å². The summed E-state index contributed by atoms with van der Waals surface area (Å²) in [6, 6.07) is 10.9. The molecule has 5 nitrogen and oxygen atoms in total. The van der Waals surface area contributed by atoms with Gasteiger partial charge in [0.15, 0.2) is 0 Å². The maximum absolute atomic E-state index is 12.2. The van der Waals surface area contributed by atoms with Crippen LogP contribution in [0.15, 0.2) is 48.8 Å². The van der Waals surface area contributed by atoms with Crippen LogP contribution >= 0.6 is 0 Å². The van der Waals surface area contributed by atoms with Crippen molar-refractivity contribution in [1.82, 2.24) is 9.97 Å². The lowest BCUT2D eigenvalue weighted by Crippen LogP contribution is -2.12. The third kappa shape index (κ3) is 2.26. The van der Waals surface area contributed by atoms with Crippen molar-refractivity contribution in [1.29, 1.82) is 0 Å². The molecule has 20 heavy (non-hydrogen) atoms. The van der Waals surface area contributed by atoms with E-state index in [1.165, 1.54) is 6.20 Å². The van der Waals surface area contributed by atoms with Gasteiger partial charge < -0.3 is 15.4 Å². The molecule has 100 valence electrons. The molecule has 3 N–H and O–H groups in total. The Bertz CT molecular complexity index is 764. The van der Waals surface area contributed by atoms with Gasteiger partial charge in [-0.15, -0.1) is 0 Å². The molecule has 1 amide bonds. The molecule has 0 spiro atoms. The predicted molar refractivity (Wildman–Crippen MR) is 76.4 cm³/mol. The number of nitrogens with one attached hydrogen (secondary N) is 2. The number of fused-ring (bicyclic) bond motifs is 1. The van der Waals surface area contributed by atoms with Crippen LogP contribution in [0.3, 0.4) is 0 Å². The van der Waals surface area contributed by atoms with Gasteiger partial charge in [-0.1, -0.05) is 18.2 Å². The number of anilines is 1. The standard InChI is InChI=1S/C15H13N3O2/c19-9-11-7-10(5-6-16-11)15(20)18-14-8-17-13-4-2-1-3-12(13)14/h1-8,17,19H,9H2,(H,18,20). The molecule has 3 rings (SSSR count). The highest BCUT2D eigenvalue weighted by Crippen LogP contribution is 2.23. The van der Waals surface area contributed by atoms with E-state index >= 15 is 0 Å². The molecule has 0 fully saturated rings. The van der Waals surface area contributed by atoms with Crippen molar-refractivity contribution in [2.75, 3.05) is 5.32 Å². The minimum atomic E-state index is -0.230. The lowest BCUT2D eigenvalue weighted by Gasteiger charge is -2.04. The number of aliphatic hydroxyl groups is 1. The van der Waals surface area contributed by atoms with Crippen LogP contribution in [-0.4, -0.2) is 21.0 Å². The predicted octanol–water partition coefficient (Wildman–Crippen LogP) is 2.31. The number of hydrogen-bond donors (Lipinski definition) is 3. The number of H-pyrrole nitrogens is 1. The molecule has 0 aliphatic rings. The number of benzene rings is 1. The van der Waals surface area contributed by atoms with E-state index in [0.717, 1.165) is 16.6 Å². The van der Waals surface area contributed by atoms with E-state index in [1.54, 1.807) is 18.3 Å². The van der Waals surface area contributed by atoms with Crippen LogP contribution in [0.2, 0.25) is 0 Å². The van der Waals surface area contributed by atoms with Crippen LogP contribution in [0, 0.1) is 0 Å². The van der Waals surface area contributed by atoms with Gasteiger partial charge in [-0.05, 0) is 18.2 Å². The summed E-state index contributed by atoms with van der Waals surface area (Å²) < 4.78 is 0. The van der Waals surface area contributed by atoms with Gasteiger partial charge in [0.1, 0.15) is 0 Å². The van der Waals surface area contributed by atoms with Crippen LogP contribution in [0.4, 0.5) is 5.69 Å². The van der Waals surface area contributed by atoms with E-state index in [9.17, 15) is 4.79 Å². The number of carbonyl (C=O) groups is 1.